The second-order valence-electron chi connectivity index (χ2n) is 8.30. The fourth-order valence-electron chi connectivity index (χ4n) is 3.31. The van der Waals surface area contributed by atoms with Gasteiger partial charge in [0.15, 0.2) is 6.29 Å². The maximum Gasteiger partial charge on any atom is 0.495 e. The lowest BCUT2D eigenvalue weighted by Crippen LogP contribution is -2.41. The highest BCUT2D eigenvalue weighted by molar-refractivity contribution is 6.62. The Morgan fingerprint density at radius 1 is 0.900 bits per heavy atom. The number of carbonyl (C=O) groups excluding carboxylic acids is 1. The minimum atomic E-state index is -0.598. The highest BCUT2D eigenvalue weighted by Crippen LogP contribution is 2.37. The molecular formula is C23H29BO6. The monoisotopic (exact) mass is 412 g/mol. The number of hydrogen-bond donors (Lipinski definition) is 0. The number of benzene rings is 2. The molecule has 0 bridgehead atoms. The van der Waals surface area contributed by atoms with Crippen molar-refractivity contribution in [2.75, 3.05) is 14.2 Å². The van der Waals surface area contributed by atoms with E-state index in [1.807, 2.05) is 58.0 Å². The molecule has 0 unspecified atom stereocenters. The van der Waals surface area contributed by atoms with Crippen molar-refractivity contribution in [1.29, 1.82) is 0 Å². The molecule has 0 amide bonds. The summed E-state index contributed by atoms with van der Waals surface area (Å²) in [6, 6.07) is 11.3. The van der Waals surface area contributed by atoms with Crippen LogP contribution >= 0.6 is 0 Å². The van der Waals surface area contributed by atoms with E-state index in [-0.39, 0.29) is 6.61 Å². The van der Waals surface area contributed by atoms with Crippen molar-refractivity contribution < 1.29 is 28.3 Å². The SMILES string of the molecule is COc1ccc(COCc2c(B3OC(C)(C)C(C)(C)O3)ccc(OC)c2C=O)cc1. The lowest BCUT2D eigenvalue weighted by molar-refractivity contribution is 0.00578. The van der Waals surface area contributed by atoms with Gasteiger partial charge in [0.25, 0.3) is 0 Å². The van der Waals surface area contributed by atoms with E-state index in [1.54, 1.807) is 20.3 Å². The summed E-state index contributed by atoms with van der Waals surface area (Å²) in [5.74, 6) is 1.28. The quantitative estimate of drug-likeness (QED) is 0.488. The molecule has 0 aliphatic carbocycles. The Kier molecular flexibility index (Phi) is 6.55. The van der Waals surface area contributed by atoms with Gasteiger partial charge in [-0.1, -0.05) is 18.2 Å². The zero-order valence-electron chi connectivity index (χ0n) is 18.5. The van der Waals surface area contributed by atoms with E-state index < -0.39 is 18.3 Å². The van der Waals surface area contributed by atoms with Gasteiger partial charge in [-0.2, -0.15) is 0 Å². The van der Waals surface area contributed by atoms with Crippen LogP contribution in [0.15, 0.2) is 36.4 Å². The second-order valence-corrected chi connectivity index (χ2v) is 8.30. The fraction of sp³-hybridized carbons (Fsp3) is 0.435. The van der Waals surface area contributed by atoms with Crippen LogP contribution in [0.2, 0.25) is 0 Å². The standard InChI is InChI=1S/C23H29BO6/c1-22(2)23(3,4)30-24(29-22)20-11-12-21(27-6)18(13-25)19(20)15-28-14-16-7-9-17(26-5)10-8-16/h7-13H,14-15H2,1-6H3. The third-order valence-electron chi connectivity index (χ3n) is 5.87. The molecule has 0 atom stereocenters. The summed E-state index contributed by atoms with van der Waals surface area (Å²) >= 11 is 0. The largest absolute Gasteiger partial charge is 0.497 e. The topological polar surface area (TPSA) is 63.2 Å². The molecule has 6 nitrogen and oxygen atoms in total. The lowest BCUT2D eigenvalue weighted by atomic mass is 9.74. The summed E-state index contributed by atoms with van der Waals surface area (Å²) in [4.78, 5) is 11.9. The van der Waals surface area contributed by atoms with E-state index in [2.05, 4.69) is 0 Å². The highest BCUT2D eigenvalue weighted by Gasteiger charge is 2.52. The maximum atomic E-state index is 11.9. The number of aldehydes is 1. The molecule has 1 fully saturated rings. The van der Waals surface area contributed by atoms with Crippen LogP contribution in [0.3, 0.4) is 0 Å². The molecule has 0 spiro atoms. The summed E-state index contributed by atoms with van der Waals surface area (Å²) in [6.07, 6.45) is 0.791. The molecule has 2 aromatic rings. The molecule has 7 heteroatoms. The van der Waals surface area contributed by atoms with Crippen molar-refractivity contribution in [2.24, 2.45) is 0 Å². The molecule has 3 rings (SSSR count). The minimum Gasteiger partial charge on any atom is -0.497 e. The molecular weight excluding hydrogens is 383 g/mol. The van der Waals surface area contributed by atoms with Crippen molar-refractivity contribution in [3.8, 4) is 11.5 Å². The van der Waals surface area contributed by atoms with E-state index in [0.717, 1.165) is 23.1 Å². The molecule has 1 aliphatic heterocycles. The zero-order valence-corrected chi connectivity index (χ0v) is 18.5. The molecule has 0 radical (unpaired) electrons. The lowest BCUT2D eigenvalue weighted by Gasteiger charge is -2.32. The fourth-order valence-corrected chi connectivity index (χ4v) is 3.31. The number of rotatable bonds is 8. The predicted octanol–water partition coefficient (Wildman–Crippen LogP) is 3.53. The van der Waals surface area contributed by atoms with Gasteiger partial charge in [0.1, 0.15) is 11.5 Å². The van der Waals surface area contributed by atoms with Crippen LogP contribution in [0, 0.1) is 0 Å². The molecule has 1 saturated heterocycles. The second kappa shape index (κ2) is 8.80. The summed E-state index contributed by atoms with van der Waals surface area (Å²) in [5.41, 5.74) is 1.95. The number of methoxy groups -OCH3 is 2. The van der Waals surface area contributed by atoms with E-state index >= 15 is 0 Å². The molecule has 1 heterocycles. The smallest absolute Gasteiger partial charge is 0.495 e. The Morgan fingerprint density at radius 2 is 1.53 bits per heavy atom. The third-order valence-corrected chi connectivity index (χ3v) is 5.87. The molecule has 0 aromatic heterocycles. The van der Waals surface area contributed by atoms with E-state index in [0.29, 0.717) is 23.5 Å². The van der Waals surface area contributed by atoms with Gasteiger partial charge < -0.3 is 23.5 Å². The van der Waals surface area contributed by atoms with Crippen molar-refractivity contribution in [3.63, 3.8) is 0 Å². The first-order valence-electron chi connectivity index (χ1n) is 9.93. The number of ether oxygens (including phenoxy) is 3. The van der Waals surface area contributed by atoms with Crippen LogP contribution in [0.5, 0.6) is 11.5 Å². The molecule has 2 aromatic carbocycles. The van der Waals surface area contributed by atoms with Gasteiger partial charge in [0, 0.05) is 0 Å². The van der Waals surface area contributed by atoms with Gasteiger partial charge in [0.05, 0.1) is 44.2 Å². The summed E-state index contributed by atoms with van der Waals surface area (Å²) in [5, 5.41) is 0. The molecule has 1 aliphatic rings. The van der Waals surface area contributed by atoms with Crippen molar-refractivity contribution in [1.82, 2.24) is 0 Å². The average Bonchev–Trinajstić information content (AvgIpc) is 2.94. The highest BCUT2D eigenvalue weighted by atomic mass is 16.7. The number of hydrogen-bond acceptors (Lipinski definition) is 6. The summed E-state index contributed by atoms with van der Waals surface area (Å²) < 4.78 is 28.9. The number of carbonyl (C=O) groups is 1. The zero-order chi connectivity index (χ0) is 21.9. The van der Waals surface area contributed by atoms with Gasteiger partial charge in [0.2, 0.25) is 0 Å². The third kappa shape index (κ3) is 4.38. The normalized spacial score (nSPS) is 17.1. The molecule has 160 valence electrons. The van der Waals surface area contributed by atoms with Crippen molar-refractivity contribution in [2.45, 2.75) is 52.1 Å². The first-order valence-corrected chi connectivity index (χ1v) is 9.93. The van der Waals surface area contributed by atoms with E-state index in [9.17, 15) is 4.79 Å². The van der Waals surface area contributed by atoms with E-state index in [4.69, 9.17) is 23.5 Å². The summed E-state index contributed by atoms with van der Waals surface area (Å²) in [7, 11) is 2.57. The Bertz CT molecular complexity index is 875. The predicted molar refractivity (Wildman–Crippen MR) is 116 cm³/mol. The Balaban J connectivity index is 1.86. The van der Waals surface area contributed by atoms with Gasteiger partial charge in [-0.25, -0.2) is 0 Å². The Labute approximate surface area is 178 Å². The van der Waals surface area contributed by atoms with Crippen LogP contribution < -0.4 is 14.9 Å². The van der Waals surface area contributed by atoms with Crippen molar-refractivity contribution >= 4 is 18.9 Å². The summed E-state index contributed by atoms with van der Waals surface area (Å²) in [6.45, 7) is 8.60. The Morgan fingerprint density at radius 3 is 2.07 bits per heavy atom. The Hall–Kier alpha value is -2.35. The van der Waals surface area contributed by atoms with Gasteiger partial charge in [-0.15, -0.1) is 0 Å². The molecule has 0 saturated carbocycles. The molecule has 30 heavy (non-hydrogen) atoms. The first-order chi connectivity index (χ1) is 14.2. The van der Waals surface area contributed by atoms with E-state index in [1.165, 1.54) is 0 Å². The first kappa shape index (κ1) is 22.3. The van der Waals surface area contributed by atoms with Crippen molar-refractivity contribution in [3.05, 3.63) is 53.1 Å². The molecule has 0 N–H and O–H groups in total. The van der Waals surface area contributed by atoms with Crippen LogP contribution in [-0.4, -0.2) is 38.8 Å². The van der Waals surface area contributed by atoms with Gasteiger partial charge in [-0.05, 0) is 62.5 Å². The maximum absolute atomic E-state index is 11.9. The van der Waals surface area contributed by atoms with Crippen LogP contribution in [0.25, 0.3) is 0 Å². The van der Waals surface area contributed by atoms with Gasteiger partial charge in [-0.3, -0.25) is 4.79 Å². The van der Waals surface area contributed by atoms with Crippen LogP contribution in [0.1, 0.15) is 49.2 Å². The van der Waals surface area contributed by atoms with Crippen LogP contribution in [-0.2, 0) is 27.3 Å². The van der Waals surface area contributed by atoms with Crippen LogP contribution in [0.4, 0.5) is 0 Å². The van der Waals surface area contributed by atoms with Gasteiger partial charge >= 0.3 is 7.12 Å². The minimum absolute atomic E-state index is 0.219. The average molecular weight is 412 g/mol.